The number of quaternary nitrogens is 1. The number of ketones is 1. The molecule has 3 aromatic rings. The van der Waals surface area contributed by atoms with Crippen molar-refractivity contribution in [2.75, 3.05) is 19.6 Å². The van der Waals surface area contributed by atoms with Crippen LogP contribution >= 0.6 is 15.9 Å². The van der Waals surface area contributed by atoms with Crippen molar-refractivity contribution in [3.05, 3.63) is 76.4 Å². The fourth-order valence-corrected chi connectivity index (χ4v) is 4.76. The number of nitrogens with zero attached hydrogens (tertiary/aromatic N) is 1. The maximum atomic E-state index is 12.5. The van der Waals surface area contributed by atoms with Gasteiger partial charge < -0.3 is 14.6 Å². The summed E-state index contributed by atoms with van der Waals surface area (Å²) in [7, 11) is 0. The van der Waals surface area contributed by atoms with Gasteiger partial charge in [-0.15, -0.1) is 0 Å². The van der Waals surface area contributed by atoms with Crippen LogP contribution < -0.4 is 4.90 Å². The molecule has 0 amide bonds. The molecule has 0 unspecified atom stereocenters. The number of carbonyl (C=O) groups excluding carboxylic acids is 1. The Hall–Kier alpha value is -2.21. The highest BCUT2D eigenvalue weighted by molar-refractivity contribution is 9.10. The summed E-state index contributed by atoms with van der Waals surface area (Å²) in [5.41, 5.74) is 2.75. The molecule has 4 rings (SSSR count). The number of aliphatic hydroxyl groups excluding tert-OH is 1. The third-order valence-corrected chi connectivity index (χ3v) is 6.63. The van der Waals surface area contributed by atoms with Crippen LogP contribution in [-0.4, -0.2) is 41.2 Å². The minimum absolute atomic E-state index is 0.0193. The lowest BCUT2D eigenvalue weighted by molar-refractivity contribution is -0.902. The Morgan fingerprint density at radius 1 is 1.06 bits per heavy atom. The molecule has 4 nitrogen and oxygen atoms in total. The van der Waals surface area contributed by atoms with Crippen molar-refractivity contribution in [3.63, 3.8) is 0 Å². The van der Waals surface area contributed by atoms with Crippen molar-refractivity contribution in [3.8, 4) is 0 Å². The standard InChI is InChI=1S/C26H29BrN2O2/c27-22-12-9-20(10-13-22)26(31)14-11-21-17-29(25-8-4-3-7-24(21)25)19-23(30)18-28-15-5-1-2-6-16-28/h3-4,7-14,17,23,30H,1-2,5-6,15-16,18-19H2/p+1/b14-11+/t23-/m1/s1. The molecule has 0 aliphatic carbocycles. The van der Waals surface area contributed by atoms with Crippen LogP contribution in [-0.2, 0) is 6.54 Å². The van der Waals surface area contributed by atoms with Gasteiger partial charge in [0, 0.05) is 32.7 Å². The van der Waals surface area contributed by atoms with E-state index < -0.39 is 0 Å². The molecule has 162 valence electrons. The van der Waals surface area contributed by atoms with Crippen molar-refractivity contribution in [2.24, 2.45) is 0 Å². The van der Waals surface area contributed by atoms with E-state index in [4.69, 9.17) is 0 Å². The van der Waals surface area contributed by atoms with Crippen molar-refractivity contribution < 1.29 is 14.8 Å². The van der Waals surface area contributed by atoms with E-state index >= 15 is 0 Å². The molecule has 5 heteroatoms. The van der Waals surface area contributed by atoms with Gasteiger partial charge in [0.2, 0.25) is 0 Å². The number of carbonyl (C=O) groups is 1. The number of hydrogen-bond donors (Lipinski definition) is 2. The number of aromatic nitrogens is 1. The average Bonchev–Trinajstić information content (AvgIpc) is 2.93. The highest BCUT2D eigenvalue weighted by atomic mass is 79.9. The number of nitrogens with one attached hydrogen (secondary N) is 1. The average molecular weight is 482 g/mol. The second kappa shape index (κ2) is 10.4. The monoisotopic (exact) mass is 481 g/mol. The van der Waals surface area contributed by atoms with Gasteiger partial charge in [-0.2, -0.15) is 0 Å². The third kappa shape index (κ3) is 5.73. The van der Waals surface area contributed by atoms with E-state index in [9.17, 15) is 9.90 Å². The predicted molar refractivity (Wildman–Crippen MR) is 129 cm³/mol. The van der Waals surface area contributed by atoms with Crippen molar-refractivity contribution >= 4 is 38.7 Å². The molecule has 1 aromatic heterocycles. The van der Waals surface area contributed by atoms with E-state index in [1.807, 2.05) is 42.5 Å². The van der Waals surface area contributed by atoms with Crippen LogP contribution in [0.2, 0.25) is 0 Å². The first kappa shape index (κ1) is 22.0. The molecule has 1 aliphatic heterocycles. The smallest absolute Gasteiger partial charge is 0.185 e. The zero-order valence-corrected chi connectivity index (χ0v) is 19.4. The molecular weight excluding hydrogens is 452 g/mol. The summed E-state index contributed by atoms with van der Waals surface area (Å²) in [6.45, 7) is 3.68. The molecule has 0 spiro atoms. The van der Waals surface area contributed by atoms with Gasteiger partial charge in [0.05, 0.1) is 19.6 Å². The van der Waals surface area contributed by atoms with Crippen LogP contribution in [0, 0.1) is 0 Å². The molecule has 1 atom stereocenters. The minimum Gasteiger partial charge on any atom is -0.385 e. The number of allylic oxidation sites excluding steroid dienone is 1. The number of hydrogen-bond acceptors (Lipinski definition) is 2. The molecule has 0 radical (unpaired) electrons. The fraction of sp³-hybridized carbons (Fsp3) is 0.346. The molecule has 2 aromatic carbocycles. The number of likely N-dealkylation sites (tertiary alicyclic amines) is 1. The molecule has 1 saturated heterocycles. The normalized spacial score (nSPS) is 16.6. The molecule has 2 heterocycles. The summed E-state index contributed by atoms with van der Waals surface area (Å²) in [6, 6.07) is 15.6. The number of aliphatic hydroxyl groups is 1. The summed E-state index contributed by atoms with van der Waals surface area (Å²) in [4.78, 5) is 14.1. The van der Waals surface area contributed by atoms with Crippen LogP contribution in [0.15, 0.2) is 65.3 Å². The van der Waals surface area contributed by atoms with Crippen LogP contribution in [0.25, 0.3) is 17.0 Å². The van der Waals surface area contributed by atoms with Gasteiger partial charge in [0.1, 0.15) is 12.6 Å². The molecular formula is C26H30BrN2O2+. The number of para-hydroxylation sites is 1. The third-order valence-electron chi connectivity index (χ3n) is 6.10. The SMILES string of the molecule is O=C(/C=C/c1cn(C[C@H](O)C[NH+]2CCCCCC2)c2ccccc12)c1ccc(Br)cc1. The van der Waals surface area contributed by atoms with Crippen molar-refractivity contribution in [2.45, 2.75) is 38.3 Å². The lowest BCUT2D eigenvalue weighted by Gasteiger charge is -2.21. The maximum absolute atomic E-state index is 12.5. The van der Waals surface area contributed by atoms with E-state index in [1.54, 1.807) is 6.08 Å². The fourth-order valence-electron chi connectivity index (χ4n) is 4.49. The van der Waals surface area contributed by atoms with Gasteiger partial charge in [-0.3, -0.25) is 4.79 Å². The summed E-state index contributed by atoms with van der Waals surface area (Å²) in [6.07, 6.45) is 10.3. The zero-order valence-electron chi connectivity index (χ0n) is 17.8. The van der Waals surface area contributed by atoms with E-state index in [0.29, 0.717) is 12.1 Å². The van der Waals surface area contributed by atoms with Crippen LogP contribution in [0.3, 0.4) is 0 Å². The van der Waals surface area contributed by atoms with Crippen molar-refractivity contribution in [1.82, 2.24) is 4.57 Å². The Bertz CT molecular complexity index is 1050. The molecule has 2 N–H and O–H groups in total. The van der Waals surface area contributed by atoms with Gasteiger partial charge in [-0.1, -0.05) is 34.1 Å². The largest absolute Gasteiger partial charge is 0.385 e. The predicted octanol–water partition coefficient (Wildman–Crippen LogP) is 4.12. The maximum Gasteiger partial charge on any atom is 0.185 e. The summed E-state index contributed by atoms with van der Waals surface area (Å²) < 4.78 is 3.08. The Morgan fingerprint density at radius 2 is 1.77 bits per heavy atom. The van der Waals surface area contributed by atoms with E-state index in [2.05, 4.69) is 38.8 Å². The first-order chi connectivity index (χ1) is 15.1. The number of rotatable bonds is 7. The summed E-state index contributed by atoms with van der Waals surface area (Å²) >= 11 is 3.40. The first-order valence-electron chi connectivity index (χ1n) is 11.2. The second-order valence-corrected chi connectivity index (χ2v) is 9.40. The zero-order chi connectivity index (χ0) is 21.6. The van der Waals surface area contributed by atoms with Crippen LogP contribution in [0.1, 0.15) is 41.6 Å². The second-order valence-electron chi connectivity index (χ2n) is 8.48. The number of benzene rings is 2. The van der Waals surface area contributed by atoms with Gasteiger partial charge in [0.15, 0.2) is 5.78 Å². The number of halogens is 1. The van der Waals surface area contributed by atoms with Crippen LogP contribution in [0.4, 0.5) is 0 Å². The van der Waals surface area contributed by atoms with Gasteiger partial charge in [-0.05, 0) is 68.2 Å². The van der Waals surface area contributed by atoms with E-state index in [0.717, 1.165) is 40.6 Å². The molecule has 0 bridgehead atoms. The molecule has 0 saturated carbocycles. The van der Waals surface area contributed by atoms with Crippen molar-refractivity contribution in [1.29, 1.82) is 0 Å². The van der Waals surface area contributed by atoms with E-state index in [-0.39, 0.29) is 11.9 Å². The number of fused-ring (bicyclic) bond motifs is 1. The Balaban J connectivity index is 1.50. The molecule has 1 aliphatic rings. The molecule has 31 heavy (non-hydrogen) atoms. The highest BCUT2D eigenvalue weighted by Gasteiger charge is 2.18. The lowest BCUT2D eigenvalue weighted by Crippen LogP contribution is -3.13. The van der Waals surface area contributed by atoms with Gasteiger partial charge >= 0.3 is 0 Å². The van der Waals surface area contributed by atoms with Gasteiger partial charge in [0.25, 0.3) is 0 Å². The summed E-state index contributed by atoms with van der Waals surface area (Å²) in [5.74, 6) is -0.0193. The van der Waals surface area contributed by atoms with Crippen LogP contribution in [0.5, 0.6) is 0 Å². The topological polar surface area (TPSA) is 46.7 Å². The Kier molecular flexibility index (Phi) is 7.38. The minimum atomic E-state index is -0.384. The first-order valence-corrected chi connectivity index (χ1v) is 12.0. The summed E-state index contributed by atoms with van der Waals surface area (Å²) in [5, 5.41) is 11.9. The highest BCUT2D eigenvalue weighted by Crippen LogP contribution is 2.23. The van der Waals surface area contributed by atoms with Gasteiger partial charge in [-0.25, -0.2) is 0 Å². The van der Waals surface area contributed by atoms with E-state index in [1.165, 1.54) is 30.6 Å². The Morgan fingerprint density at radius 3 is 2.52 bits per heavy atom. The molecule has 1 fully saturated rings. The lowest BCUT2D eigenvalue weighted by atomic mass is 10.1. The Labute approximate surface area is 192 Å². The quantitative estimate of drug-likeness (QED) is 0.393.